The second-order valence-corrected chi connectivity index (χ2v) is 10.8. The van der Waals surface area contributed by atoms with Gasteiger partial charge in [0.25, 0.3) is 5.91 Å². The van der Waals surface area contributed by atoms with Crippen LogP contribution in [0.2, 0.25) is 0 Å². The Morgan fingerprint density at radius 2 is 1.74 bits per heavy atom. The SMILES string of the molecule is CC(C)N1CCn2c(CNC(=O)CC34CC5CC(CC(C5)C3)C4)cc(=O)c(O)c2C1=O. The maximum absolute atomic E-state index is 12.9. The molecule has 1 aromatic rings. The normalized spacial score (nSPS) is 31.3. The lowest BCUT2D eigenvalue weighted by Gasteiger charge is -2.56. The maximum Gasteiger partial charge on any atom is 0.274 e. The van der Waals surface area contributed by atoms with Crippen molar-refractivity contribution in [2.24, 2.45) is 23.2 Å². The van der Waals surface area contributed by atoms with Crippen LogP contribution in [0.1, 0.15) is 75.0 Å². The Bertz CT molecular complexity index is 944. The Hall–Kier alpha value is -2.31. The van der Waals surface area contributed by atoms with Gasteiger partial charge in [-0.15, -0.1) is 0 Å². The van der Waals surface area contributed by atoms with Gasteiger partial charge in [-0.1, -0.05) is 0 Å². The molecule has 6 rings (SSSR count). The first kappa shape index (κ1) is 20.6. The summed E-state index contributed by atoms with van der Waals surface area (Å²) in [5.41, 5.74) is 0.208. The predicted octanol–water partition coefficient (Wildman–Crippen LogP) is 2.64. The van der Waals surface area contributed by atoms with Crippen LogP contribution in [0.5, 0.6) is 5.75 Å². The first-order valence-corrected chi connectivity index (χ1v) is 11.8. The van der Waals surface area contributed by atoms with Crippen molar-refractivity contribution in [2.45, 2.75) is 77.9 Å². The standard InChI is InChI=1S/C24H33N3O4/c1-14(2)26-3-4-27-18(8-19(28)22(30)21(27)23(26)31)13-25-20(29)12-24-9-15-5-16(10-24)7-17(6-15)11-24/h8,14-17,30H,3-7,9-13H2,1-2H3,(H,25,29). The van der Waals surface area contributed by atoms with Crippen molar-refractivity contribution in [3.8, 4) is 5.75 Å². The van der Waals surface area contributed by atoms with Gasteiger partial charge in [-0.05, 0) is 75.5 Å². The molecule has 4 aliphatic carbocycles. The number of rotatable bonds is 5. The summed E-state index contributed by atoms with van der Waals surface area (Å²) in [6, 6.07) is 1.33. The van der Waals surface area contributed by atoms with Crippen molar-refractivity contribution in [3.05, 3.63) is 27.7 Å². The minimum Gasteiger partial charge on any atom is -0.503 e. The number of carbonyl (C=O) groups is 2. The van der Waals surface area contributed by atoms with E-state index in [1.54, 1.807) is 9.47 Å². The largest absolute Gasteiger partial charge is 0.503 e. The third-order valence-corrected chi connectivity index (χ3v) is 8.19. The lowest BCUT2D eigenvalue weighted by atomic mass is 9.49. The number of aromatic hydroxyl groups is 1. The summed E-state index contributed by atoms with van der Waals surface area (Å²) in [6.07, 6.45) is 8.16. The second-order valence-electron chi connectivity index (χ2n) is 10.8. The first-order valence-electron chi connectivity index (χ1n) is 11.8. The summed E-state index contributed by atoms with van der Waals surface area (Å²) in [5.74, 6) is 1.60. The molecule has 4 fully saturated rings. The number of nitrogens with one attached hydrogen (secondary N) is 1. The summed E-state index contributed by atoms with van der Waals surface area (Å²) in [4.78, 5) is 39.7. The van der Waals surface area contributed by atoms with Crippen LogP contribution in [0.25, 0.3) is 0 Å². The molecule has 0 spiro atoms. The molecule has 1 aromatic heterocycles. The van der Waals surface area contributed by atoms with Gasteiger partial charge in [-0.2, -0.15) is 0 Å². The Kier molecular flexibility index (Phi) is 4.90. The van der Waals surface area contributed by atoms with E-state index in [0.717, 1.165) is 17.8 Å². The number of amides is 2. The van der Waals surface area contributed by atoms with Gasteiger partial charge in [0.1, 0.15) is 0 Å². The first-order chi connectivity index (χ1) is 14.7. The number of fused-ring (bicyclic) bond motifs is 1. The fourth-order valence-corrected chi connectivity index (χ4v) is 7.34. The highest BCUT2D eigenvalue weighted by Crippen LogP contribution is 2.61. The summed E-state index contributed by atoms with van der Waals surface area (Å²) in [7, 11) is 0. The van der Waals surface area contributed by atoms with Gasteiger partial charge in [0.2, 0.25) is 11.3 Å². The van der Waals surface area contributed by atoms with Crippen molar-refractivity contribution < 1.29 is 14.7 Å². The van der Waals surface area contributed by atoms with Crippen LogP contribution in [0.15, 0.2) is 10.9 Å². The smallest absolute Gasteiger partial charge is 0.274 e. The molecule has 2 heterocycles. The van der Waals surface area contributed by atoms with Crippen LogP contribution in [0.3, 0.4) is 0 Å². The number of aromatic nitrogens is 1. The Balaban J connectivity index is 1.31. The topological polar surface area (TPSA) is 91.6 Å². The van der Waals surface area contributed by atoms with Crippen molar-refractivity contribution in [1.82, 2.24) is 14.8 Å². The summed E-state index contributed by atoms with van der Waals surface area (Å²) in [5, 5.41) is 13.3. The van der Waals surface area contributed by atoms with E-state index < -0.39 is 11.2 Å². The van der Waals surface area contributed by atoms with E-state index >= 15 is 0 Å². The molecule has 168 valence electrons. The van der Waals surface area contributed by atoms with E-state index in [1.807, 2.05) is 13.8 Å². The Morgan fingerprint density at radius 3 is 2.32 bits per heavy atom. The molecular weight excluding hydrogens is 394 g/mol. The van der Waals surface area contributed by atoms with Gasteiger partial charge >= 0.3 is 0 Å². The number of pyridine rings is 1. The van der Waals surface area contributed by atoms with Crippen molar-refractivity contribution >= 4 is 11.8 Å². The van der Waals surface area contributed by atoms with Gasteiger partial charge in [0, 0.05) is 37.3 Å². The molecule has 0 saturated heterocycles. The molecule has 0 radical (unpaired) electrons. The summed E-state index contributed by atoms with van der Waals surface area (Å²) in [6.45, 7) is 5.03. The van der Waals surface area contributed by atoms with Gasteiger partial charge in [0.15, 0.2) is 11.4 Å². The number of hydrogen-bond donors (Lipinski definition) is 2. The molecule has 1 aliphatic heterocycles. The Morgan fingerprint density at radius 1 is 1.13 bits per heavy atom. The monoisotopic (exact) mass is 427 g/mol. The average molecular weight is 428 g/mol. The molecule has 31 heavy (non-hydrogen) atoms. The number of hydrogen-bond acceptors (Lipinski definition) is 4. The highest BCUT2D eigenvalue weighted by Gasteiger charge is 2.51. The van der Waals surface area contributed by atoms with Crippen LogP contribution in [-0.2, 0) is 17.9 Å². The van der Waals surface area contributed by atoms with Gasteiger partial charge < -0.3 is 19.9 Å². The third kappa shape index (κ3) is 3.56. The predicted molar refractivity (Wildman–Crippen MR) is 116 cm³/mol. The minimum atomic E-state index is -0.574. The van der Waals surface area contributed by atoms with E-state index in [4.69, 9.17) is 0 Å². The number of carbonyl (C=O) groups excluding carboxylic acids is 2. The molecule has 0 atom stereocenters. The van der Waals surface area contributed by atoms with Crippen LogP contribution in [-0.4, -0.2) is 39.0 Å². The molecule has 7 nitrogen and oxygen atoms in total. The maximum atomic E-state index is 12.9. The fraction of sp³-hybridized carbons (Fsp3) is 0.708. The lowest BCUT2D eigenvalue weighted by Crippen LogP contribution is -2.48. The molecule has 4 saturated carbocycles. The third-order valence-electron chi connectivity index (χ3n) is 8.19. The van der Waals surface area contributed by atoms with E-state index in [9.17, 15) is 19.5 Å². The van der Waals surface area contributed by atoms with E-state index in [-0.39, 0.29) is 35.5 Å². The van der Waals surface area contributed by atoms with Crippen LogP contribution in [0.4, 0.5) is 0 Å². The molecule has 7 heteroatoms. The van der Waals surface area contributed by atoms with E-state index in [0.29, 0.717) is 25.2 Å². The molecular formula is C24H33N3O4. The summed E-state index contributed by atoms with van der Waals surface area (Å²) >= 11 is 0. The van der Waals surface area contributed by atoms with Crippen molar-refractivity contribution in [2.75, 3.05) is 6.54 Å². The van der Waals surface area contributed by atoms with Crippen molar-refractivity contribution in [3.63, 3.8) is 0 Å². The fourth-order valence-electron chi connectivity index (χ4n) is 7.34. The van der Waals surface area contributed by atoms with E-state index in [2.05, 4.69) is 5.32 Å². The van der Waals surface area contributed by atoms with Gasteiger partial charge in [-0.3, -0.25) is 14.4 Å². The molecule has 5 aliphatic rings. The van der Waals surface area contributed by atoms with Crippen LogP contribution >= 0.6 is 0 Å². The summed E-state index contributed by atoms with van der Waals surface area (Å²) < 4.78 is 1.70. The zero-order valence-corrected chi connectivity index (χ0v) is 18.5. The zero-order chi connectivity index (χ0) is 21.9. The van der Waals surface area contributed by atoms with Crippen molar-refractivity contribution in [1.29, 1.82) is 0 Å². The highest BCUT2D eigenvalue weighted by atomic mass is 16.3. The average Bonchev–Trinajstić information content (AvgIpc) is 2.67. The molecule has 4 bridgehead atoms. The minimum absolute atomic E-state index is 0.0145. The molecule has 2 amide bonds. The highest BCUT2D eigenvalue weighted by molar-refractivity contribution is 5.96. The second kappa shape index (κ2) is 7.38. The number of nitrogens with zero attached hydrogens (tertiary/aromatic N) is 2. The van der Waals surface area contributed by atoms with Gasteiger partial charge in [-0.25, -0.2) is 0 Å². The Labute approximate surface area is 182 Å². The van der Waals surface area contributed by atoms with Gasteiger partial charge in [0.05, 0.1) is 6.54 Å². The molecule has 0 unspecified atom stereocenters. The molecule has 2 N–H and O–H groups in total. The quantitative estimate of drug-likeness (QED) is 0.756. The lowest BCUT2D eigenvalue weighted by molar-refractivity contribution is -0.129. The molecule has 0 aromatic carbocycles. The van der Waals surface area contributed by atoms with E-state index in [1.165, 1.54) is 44.6 Å². The van der Waals surface area contributed by atoms with Crippen LogP contribution in [0, 0.1) is 23.2 Å². The zero-order valence-electron chi connectivity index (χ0n) is 18.5. The van der Waals surface area contributed by atoms with Crippen LogP contribution < -0.4 is 10.7 Å².